The monoisotopic (exact) mass is 443 g/mol. The van der Waals surface area contributed by atoms with E-state index in [2.05, 4.69) is 45.1 Å². The van der Waals surface area contributed by atoms with E-state index in [1.807, 2.05) is 44.2 Å². The number of benzene rings is 2. The number of ether oxygens (including phenoxy) is 1. The first-order chi connectivity index (χ1) is 14.8. The molecule has 0 heterocycles. The number of anilines is 1. The summed E-state index contributed by atoms with van der Waals surface area (Å²) in [5.74, 6) is -0.142. The van der Waals surface area contributed by atoms with Crippen molar-refractivity contribution >= 4 is 24.8 Å². The van der Waals surface area contributed by atoms with Crippen LogP contribution in [0.25, 0.3) is 0 Å². The van der Waals surface area contributed by atoms with Crippen molar-refractivity contribution in [2.24, 2.45) is 0 Å². The van der Waals surface area contributed by atoms with Crippen molar-refractivity contribution in [1.82, 2.24) is 0 Å². The summed E-state index contributed by atoms with van der Waals surface area (Å²) in [6, 6.07) is 13.9. The second-order valence-corrected chi connectivity index (χ2v) is 13.8. The van der Waals surface area contributed by atoms with E-state index in [0.29, 0.717) is 6.16 Å². The van der Waals surface area contributed by atoms with Crippen LogP contribution in [0.2, 0.25) is 0 Å². The van der Waals surface area contributed by atoms with Crippen molar-refractivity contribution in [3.8, 4) is 0 Å². The van der Waals surface area contributed by atoms with Crippen molar-refractivity contribution in [3.63, 3.8) is 0 Å². The summed E-state index contributed by atoms with van der Waals surface area (Å²) in [4.78, 5) is 26.2. The molecule has 0 radical (unpaired) electrons. The van der Waals surface area contributed by atoms with E-state index in [4.69, 9.17) is 4.74 Å². The minimum atomic E-state index is -2.22. The first-order valence-electron chi connectivity index (χ1n) is 11.3. The summed E-state index contributed by atoms with van der Waals surface area (Å²) in [5.41, 5.74) is 5.08. The van der Waals surface area contributed by atoms with Gasteiger partial charge in [-0.2, -0.15) is 0 Å². The summed E-state index contributed by atoms with van der Waals surface area (Å²) in [5, 5.41) is 3.21. The van der Waals surface area contributed by atoms with E-state index >= 15 is 0 Å². The molecule has 2 aromatic carbocycles. The topological polar surface area (TPSA) is 55.4 Å². The SMILES string of the molecule is CCC(C(=O)Nc1c(C)cc(C)cc1C)[PH](CC)(CC)CC(=O)OCc1ccccc1. The van der Waals surface area contributed by atoms with Crippen LogP contribution in [-0.4, -0.2) is 36.0 Å². The van der Waals surface area contributed by atoms with Crippen LogP contribution in [0.1, 0.15) is 49.4 Å². The number of rotatable bonds is 10. The number of hydrogen-bond acceptors (Lipinski definition) is 3. The van der Waals surface area contributed by atoms with Crippen LogP contribution < -0.4 is 5.32 Å². The Bertz CT molecular complexity index is 868. The molecule has 0 aliphatic heterocycles. The van der Waals surface area contributed by atoms with Crippen molar-refractivity contribution in [1.29, 1.82) is 0 Å². The molecular formula is C26H38NO3P. The van der Waals surface area contributed by atoms with Gasteiger partial charge in [-0.05, 0) is 0 Å². The molecule has 4 nitrogen and oxygen atoms in total. The maximum atomic E-state index is 13.4. The fourth-order valence-corrected chi connectivity index (χ4v) is 9.08. The molecular weight excluding hydrogens is 405 g/mol. The Morgan fingerprint density at radius 3 is 2.06 bits per heavy atom. The molecule has 1 amide bonds. The van der Waals surface area contributed by atoms with Crippen LogP contribution >= 0.6 is 7.26 Å². The van der Waals surface area contributed by atoms with E-state index in [1.54, 1.807) is 0 Å². The zero-order valence-corrected chi connectivity index (χ0v) is 20.9. The third kappa shape index (κ3) is 6.40. The Kier molecular flexibility index (Phi) is 9.25. The summed E-state index contributed by atoms with van der Waals surface area (Å²) < 4.78 is 5.60. The van der Waals surface area contributed by atoms with Crippen LogP contribution in [0.3, 0.4) is 0 Å². The molecule has 0 saturated heterocycles. The summed E-state index contributed by atoms with van der Waals surface area (Å²) in [6.45, 7) is 12.7. The second-order valence-electron chi connectivity index (χ2n) is 8.62. The zero-order valence-electron chi connectivity index (χ0n) is 19.9. The number of carbonyl (C=O) groups is 2. The van der Waals surface area contributed by atoms with Crippen molar-refractivity contribution < 1.29 is 14.3 Å². The summed E-state index contributed by atoms with van der Waals surface area (Å²) >= 11 is 0. The quantitative estimate of drug-likeness (QED) is 0.369. The molecule has 0 bridgehead atoms. The molecule has 0 spiro atoms. The third-order valence-electron chi connectivity index (χ3n) is 6.54. The van der Waals surface area contributed by atoms with Gasteiger partial charge in [-0.1, -0.05) is 0 Å². The van der Waals surface area contributed by atoms with Gasteiger partial charge in [0.15, 0.2) is 0 Å². The predicted molar refractivity (Wildman–Crippen MR) is 134 cm³/mol. The van der Waals surface area contributed by atoms with Crippen molar-refractivity contribution in [2.75, 3.05) is 23.8 Å². The normalized spacial score (nSPS) is 12.8. The Labute approximate surface area is 188 Å². The van der Waals surface area contributed by atoms with Crippen molar-refractivity contribution in [3.05, 3.63) is 64.7 Å². The van der Waals surface area contributed by atoms with Crippen LogP contribution in [0.5, 0.6) is 0 Å². The van der Waals surface area contributed by atoms with Crippen LogP contribution in [0.15, 0.2) is 42.5 Å². The van der Waals surface area contributed by atoms with Gasteiger partial charge in [-0.25, -0.2) is 0 Å². The van der Waals surface area contributed by atoms with E-state index in [0.717, 1.165) is 41.1 Å². The third-order valence-corrected chi connectivity index (χ3v) is 12.5. The molecule has 5 heteroatoms. The molecule has 2 aromatic rings. The maximum absolute atomic E-state index is 13.4. The van der Waals surface area contributed by atoms with E-state index < -0.39 is 7.26 Å². The molecule has 170 valence electrons. The number of nitrogens with one attached hydrogen (secondary N) is 1. The van der Waals surface area contributed by atoms with E-state index in [9.17, 15) is 9.59 Å². The summed E-state index contributed by atoms with van der Waals surface area (Å²) in [7, 11) is -2.22. The van der Waals surface area contributed by atoms with Crippen molar-refractivity contribution in [2.45, 2.75) is 60.2 Å². The van der Waals surface area contributed by atoms with Gasteiger partial charge in [0.2, 0.25) is 0 Å². The standard InChI is InChI=1S/C26H38NO3P/c1-7-23(26(29)27-25-20(5)15-19(4)16-21(25)6)31(8-2,9-3)18-24(28)30-17-22-13-11-10-12-14-22/h10-16,23,31H,7-9,17-18H2,1-6H3,(H,27,29). The average molecular weight is 444 g/mol. The molecule has 2 rings (SSSR count). The molecule has 0 aliphatic carbocycles. The van der Waals surface area contributed by atoms with Gasteiger partial charge in [-0.3, -0.25) is 0 Å². The van der Waals surface area contributed by atoms with Crippen LogP contribution in [0, 0.1) is 20.8 Å². The van der Waals surface area contributed by atoms with Gasteiger partial charge < -0.3 is 0 Å². The van der Waals surface area contributed by atoms with Gasteiger partial charge in [-0.15, -0.1) is 0 Å². The van der Waals surface area contributed by atoms with Gasteiger partial charge in [0.25, 0.3) is 0 Å². The van der Waals surface area contributed by atoms with E-state index in [-0.39, 0.29) is 24.1 Å². The van der Waals surface area contributed by atoms with Crippen LogP contribution in [0.4, 0.5) is 5.69 Å². The van der Waals surface area contributed by atoms with E-state index in [1.165, 1.54) is 5.56 Å². The first kappa shape index (κ1) is 25.1. The number of carbonyl (C=O) groups excluding carboxylic acids is 2. The molecule has 0 aliphatic rings. The van der Waals surface area contributed by atoms with Gasteiger partial charge in [0.05, 0.1) is 0 Å². The first-order valence-corrected chi connectivity index (χ1v) is 14.0. The molecule has 0 saturated carbocycles. The minimum absolute atomic E-state index is 0.0452. The molecule has 1 atom stereocenters. The average Bonchev–Trinajstić information content (AvgIpc) is 2.75. The molecule has 0 fully saturated rings. The second kappa shape index (κ2) is 11.4. The zero-order chi connectivity index (χ0) is 23.0. The number of hydrogen-bond donors (Lipinski definition) is 1. The predicted octanol–water partition coefficient (Wildman–Crippen LogP) is 5.86. The molecule has 31 heavy (non-hydrogen) atoms. The Morgan fingerprint density at radius 2 is 1.55 bits per heavy atom. The number of aryl methyl sites for hydroxylation is 3. The van der Waals surface area contributed by atoms with Gasteiger partial charge in [0, 0.05) is 0 Å². The fraction of sp³-hybridized carbons (Fsp3) is 0.462. The van der Waals surface area contributed by atoms with Crippen LogP contribution in [-0.2, 0) is 20.9 Å². The Morgan fingerprint density at radius 1 is 0.968 bits per heavy atom. The molecule has 1 unspecified atom stereocenters. The summed E-state index contributed by atoms with van der Waals surface area (Å²) in [6.07, 6.45) is 2.86. The Hall–Kier alpha value is -2.19. The van der Waals surface area contributed by atoms with Gasteiger partial charge in [0.1, 0.15) is 0 Å². The number of amides is 1. The molecule has 1 N–H and O–H groups in total. The Balaban J connectivity index is 2.17. The number of esters is 1. The fourth-order valence-electron chi connectivity index (χ4n) is 4.68. The van der Waals surface area contributed by atoms with Gasteiger partial charge >= 0.3 is 188 Å². The molecule has 0 aromatic heterocycles.